The van der Waals surface area contributed by atoms with Crippen LogP contribution >= 0.6 is 11.8 Å². The average Bonchev–Trinajstić information content (AvgIpc) is 3.07. The Morgan fingerprint density at radius 3 is 2.27 bits per heavy atom. The third-order valence-electron chi connectivity index (χ3n) is 4.83. The molecule has 30 heavy (non-hydrogen) atoms. The van der Waals surface area contributed by atoms with Gasteiger partial charge in [-0.15, -0.1) is 11.8 Å². The minimum Gasteiger partial charge on any atom is -0.360 e. The molecular weight excluding hydrogens is 398 g/mol. The summed E-state index contributed by atoms with van der Waals surface area (Å²) in [5.41, 5.74) is 2.44. The van der Waals surface area contributed by atoms with Crippen LogP contribution in [-0.4, -0.2) is 28.0 Å². The Balaban J connectivity index is 1.91. The molecule has 0 spiro atoms. The maximum Gasteiger partial charge on any atom is 0.238 e. The van der Waals surface area contributed by atoms with E-state index in [1.54, 1.807) is 19.9 Å². The van der Waals surface area contributed by atoms with E-state index in [4.69, 9.17) is 4.52 Å². The Morgan fingerprint density at radius 2 is 1.77 bits per heavy atom. The first-order valence-electron chi connectivity index (χ1n) is 10.2. The van der Waals surface area contributed by atoms with E-state index < -0.39 is 5.25 Å². The fraction of sp³-hybridized carbons (Fsp3) is 0.522. The van der Waals surface area contributed by atoms with Crippen LogP contribution in [0.2, 0.25) is 0 Å². The molecule has 164 valence electrons. The van der Waals surface area contributed by atoms with Crippen molar-refractivity contribution in [3.05, 3.63) is 47.2 Å². The zero-order valence-corrected chi connectivity index (χ0v) is 19.7. The number of carbonyl (C=O) groups is 2. The summed E-state index contributed by atoms with van der Waals surface area (Å²) in [4.78, 5) is 24.8. The number of carbonyl (C=O) groups excluding carboxylic acids is 2. The lowest BCUT2D eigenvalue weighted by molar-refractivity contribution is -0.119. The van der Waals surface area contributed by atoms with Crippen molar-refractivity contribution in [3.63, 3.8) is 0 Å². The molecule has 0 radical (unpaired) electrons. The van der Waals surface area contributed by atoms with E-state index in [9.17, 15) is 9.59 Å². The zero-order chi connectivity index (χ0) is 22.5. The van der Waals surface area contributed by atoms with Crippen molar-refractivity contribution in [1.29, 1.82) is 0 Å². The Kier molecular flexibility index (Phi) is 8.12. The second-order valence-electron chi connectivity index (χ2n) is 8.93. The highest BCUT2D eigenvalue weighted by atomic mass is 32.2. The van der Waals surface area contributed by atoms with Crippen LogP contribution in [0, 0.1) is 12.8 Å². The van der Waals surface area contributed by atoms with Crippen molar-refractivity contribution in [2.75, 3.05) is 11.1 Å². The molecule has 1 heterocycles. The van der Waals surface area contributed by atoms with Crippen LogP contribution in [0.1, 0.15) is 64.5 Å². The molecule has 0 aliphatic rings. The number of thioether (sulfide) groups is 1. The van der Waals surface area contributed by atoms with Gasteiger partial charge in [-0.3, -0.25) is 9.59 Å². The monoisotopic (exact) mass is 431 g/mol. The number of nitrogens with zero attached hydrogens (tertiary/aromatic N) is 1. The van der Waals surface area contributed by atoms with Crippen LogP contribution in [0.25, 0.3) is 0 Å². The van der Waals surface area contributed by atoms with E-state index >= 15 is 0 Å². The molecule has 0 saturated carbocycles. The summed E-state index contributed by atoms with van der Waals surface area (Å²) in [5.74, 6) is 1.16. The molecule has 0 aliphatic heterocycles. The molecule has 2 aromatic rings. The van der Waals surface area contributed by atoms with Crippen molar-refractivity contribution < 1.29 is 14.1 Å². The summed E-state index contributed by atoms with van der Waals surface area (Å²) in [6.07, 6.45) is 0. The number of amides is 2. The normalized spacial score (nSPS) is 13.7. The Hall–Kier alpha value is -2.28. The fourth-order valence-electron chi connectivity index (χ4n) is 2.97. The standard InChI is InChI=1S/C23H33N3O3S/c1-14(2)21(17-8-10-18(11-9-17)23(5,6)7)25-20(27)13-30-16(4)22(28)24-19-12-15(3)29-26-19/h8-12,14,16,21H,13H2,1-7H3,(H,25,27)(H,24,26,28). The quantitative estimate of drug-likeness (QED) is 0.624. The number of nitrogens with one attached hydrogen (secondary N) is 2. The zero-order valence-electron chi connectivity index (χ0n) is 18.9. The summed E-state index contributed by atoms with van der Waals surface area (Å²) < 4.78 is 4.94. The van der Waals surface area contributed by atoms with Crippen LogP contribution in [0.15, 0.2) is 34.9 Å². The molecule has 2 rings (SSSR count). The summed E-state index contributed by atoms with van der Waals surface area (Å²) in [5, 5.41) is 9.17. The minimum absolute atomic E-state index is 0.0747. The molecule has 6 nitrogen and oxygen atoms in total. The van der Waals surface area contributed by atoms with Gasteiger partial charge in [-0.2, -0.15) is 0 Å². The van der Waals surface area contributed by atoms with Gasteiger partial charge in [-0.05, 0) is 36.3 Å². The first kappa shape index (κ1) is 24.0. The highest BCUT2D eigenvalue weighted by molar-refractivity contribution is 8.01. The van der Waals surface area contributed by atoms with E-state index in [-0.39, 0.29) is 34.9 Å². The smallest absolute Gasteiger partial charge is 0.238 e. The van der Waals surface area contributed by atoms with Crippen LogP contribution in [-0.2, 0) is 15.0 Å². The van der Waals surface area contributed by atoms with E-state index in [1.165, 1.54) is 17.3 Å². The molecule has 7 heteroatoms. The highest BCUT2D eigenvalue weighted by Crippen LogP contribution is 2.27. The van der Waals surface area contributed by atoms with Gasteiger partial charge in [-0.1, -0.05) is 64.0 Å². The van der Waals surface area contributed by atoms with Gasteiger partial charge in [0, 0.05) is 6.07 Å². The average molecular weight is 432 g/mol. The van der Waals surface area contributed by atoms with Crippen LogP contribution < -0.4 is 10.6 Å². The SMILES string of the molecule is Cc1cc(NC(=O)C(C)SCC(=O)NC(c2ccc(C(C)(C)C)cc2)C(C)C)no1. The maximum absolute atomic E-state index is 12.6. The number of hydrogen-bond acceptors (Lipinski definition) is 5. The summed E-state index contributed by atoms with van der Waals surface area (Å²) in [6.45, 7) is 14.3. The van der Waals surface area contributed by atoms with Crippen molar-refractivity contribution >= 4 is 29.4 Å². The van der Waals surface area contributed by atoms with Crippen LogP contribution in [0.4, 0.5) is 5.82 Å². The Morgan fingerprint density at radius 1 is 1.13 bits per heavy atom. The Labute approximate surface area is 183 Å². The van der Waals surface area contributed by atoms with E-state index in [0.717, 1.165) is 5.56 Å². The molecule has 2 amide bonds. The fourth-order valence-corrected chi connectivity index (χ4v) is 3.67. The molecule has 1 aromatic heterocycles. The second kappa shape index (κ2) is 10.2. The Bertz CT molecular complexity index is 853. The van der Waals surface area contributed by atoms with Crippen molar-refractivity contribution in [3.8, 4) is 0 Å². The predicted molar refractivity (Wildman–Crippen MR) is 123 cm³/mol. The minimum atomic E-state index is -0.392. The van der Waals surface area contributed by atoms with E-state index in [0.29, 0.717) is 11.6 Å². The van der Waals surface area contributed by atoms with Gasteiger partial charge in [0.2, 0.25) is 11.8 Å². The molecular formula is C23H33N3O3S. The number of aromatic nitrogens is 1. The van der Waals surface area contributed by atoms with Crippen molar-refractivity contribution in [1.82, 2.24) is 10.5 Å². The summed E-state index contributed by atoms with van der Waals surface area (Å²) >= 11 is 1.29. The van der Waals surface area contributed by atoms with Crippen LogP contribution in [0.3, 0.4) is 0 Å². The molecule has 0 saturated heterocycles. The summed E-state index contributed by atoms with van der Waals surface area (Å²) in [7, 11) is 0. The van der Waals surface area contributed by atoms with E-state index in [1.807, 2.05) is 0 Å². The molecule has 0 bridgehead atoms. The first-order valence-corrected chi connectivity index (χ1v) is 11.3. The number of anilines is 1. The largest absolute Gasteiger partial charge is 0.360 e. The number of hydrogen-bond donors (Lipinski definition) is 2. The molecule has 2 N–H and O–H groups in total. The number of aryl methyl sites for hydroxylation is 1. The predicted octanol–water partition coefficient (Wildman–Crippen LogP) is 4.85. The lowest BCUT2D eigenvalue weighted by Crippen LogP contribution is -2.34. The van der Waals surface area contributed by atoms with Gasteiger partial charge < -0.3 is 15.2 Å². The van der Waals surface area contributed by atoms with Crippen LogP contribution in [0.5, 0.6) is 0 Å². The topological polar surface area (TPSA) is 84.2 Å². The van der Waals surface area contributed by atoms with Gasteiger partial charge in [0.15, 0.2) is 5.82 Å². The van der Waals surface area contributed by atoms with Crippen molar-refractivity contribution in [2.45, 2.75) is 65.2 Å². The molecule has 0 fully saturated rings. The molecule has 2 atom stereocenters. The first-order chi connectivity index (χ1) is 14.0. The maximum atomic E-state index is 12.6. The van der Waals surface area contributed by atoms with Gasteiger partial charge in [-0.25, -0.2) is 0 Å². The van der Waals surface area contributed by atoms with Gasteiger partial charge in [0.05, 0.1) is 17.0 Å². The third kappa shape index (κ3) is 6.90. The molecule has 1 aromatic carbocycles. The lowest BCUT2D eigenvalue weighted by atomic mass is 9.85. The van der Waals surface area contributed by atoms with Gasteiger partial charge >= 0.3 is 0 Å². The number of benzene rings is 1. The lowest BCUT2D eigenvalue weighted by Gasteiger charge is -2.25. The molecule has 2 unspecified atom stereocenters. The van der Waals surface area contributed by atoms with Gasteiger partial charge in [0.1, 0.15) is 5.76 Å². The third-order valence-corrected chi connectivity index (χ3v) is 5.97. The van der Waals surface area contributed by atoms with Gasteiger partial charge in [0.25, 0.3) is 0 Å². The van der Waals surface area contributed by atoms with Crippen molar-refractivity contribution in [2.24, 2.45) is 5.92 Å². The highest BCUT2D eigenvalue weighted by Gasteiger charge is 2.22. The van der Waals surface area contributed by atoms with E-state index in [2.05, 4.69) is 74.7 Å². The second-order valence-corrected chi connectivity index (χ2v) is 10.3. The summed E-state index contributed by atoms with van der Waals surface area (Å²) in [6, 6.07) is 10.0. The number of rotatable bonds is 8. The molecule has 0 aliphatic carbocycles.